The van der Waals surface area contributed by atoms with E-state index >= 15 is 0 Å². The van der Waals surface area contributed by atoms with Crippen LogP contribution in [0.5, 0.6) is 0 Å². The number of halogens is 2. The van der Waals surface area contributed by atoms with Gasteiger partial charge in [0.25, 0.3) is 0 Å². The first kappa shape index (κ1) is 22.8. The molecular weight excluding hydrogens is 472 g/mol. The SMILES string of the molecule is COC(=O)C1=CC[C@@H](Cc2cn(C(=O)OC(C)(C)C)c3ccc(Cl)c(Br)c23)N(C)C1. The summed E-state index contributed by atoms with van der Waals surface area (Å²) in [7, 11) is 3.37. The standard InChI is InChI=1S/C22H26BrClN2O4/c1-22(2,3)30-21(28)26-12-14(18-17(26)9-8-16(24)19(18)23)10-15-7-6-13(11-25(15)4)20(27)29-5/h6,8-9,12,15H,7,10-11H2,1-5H3/t15-/m0/s1. The van der Waals surface area contributed by atoms with Gasteiger partial charge in [-0.25, -0.2) is 9.59 Å². The molecule has 3 rings (SSSR count). The number of carbonyl (C=O) groups excluding carboxylic acids is 2. The zero-order valence-electron chi connectivity index (χ0n) is 17.8. The first-order chi connectivity index (χ1) is 14.0. The van der Waals surface area contributed by atoms with Crippen LogP contribution in [0.3, 0.4) is 0 Å². The number of hydrogen-bond acceptors (Lipinski definition) is 5. The zero-order valence-corrected chi connectivity index (χ0v) is 20.1. The molecule has 0 fully saturated rings. The summed E-state index contributed by atoms with van der Waals surface area (Å²) >= 11 is 9.94. The second kappa shape index (κ2) is 8.73. The van der Waals surface area contributed by atoms with E-state index in [-0.39, 0.29) is 12.0 Å². The van der Waals surface area contributed by atoms with Crippen LogP contribution in [0.15, 0.2) is 34.5 Å². The van der Waals surface area contributed by atoms with E-state index in [1.807, 2.05) is 46.2 Å². The van der Waals surface area contributed by atoms with Gasteiger partial charge in [0.15, 0.2) is 0 Å². The molecule has 162 valence electrons. The van der Waals surface area contributed by atoms with Gasteiger partial charge < -0.3 is 9.47 Å². The van der Waals surface area contributed by atoms with Gasteiger partial charge in [-0.1, -0.05) is 17.7 Å². The van der Waals surface area contributed by atoms with Gasteiger partial charge in [0.2, 0.25) is 0 Å². The summed E-state index contributed by atoms with van der Waals surface area (Å²) < 4.78 is 12.7. The first-order valence-corrected chi connectivity index (χ1v) is 10.9. The maximum Gasteiger partial charge on any atom is 0.419 e. The first-order valence-electron chi connectivity index (χ1n) is 9.70. The molecule has 1 aliphatic rings. The summed E-state index contributed by atoms with van der Waals surface area (Å²) in [5.74, 6) is -0.295. The fourth-order valence-corrected chi connectivity index (χ4v) is 4.39. The summed E-state index contributed by atoms with van der Waals surface area (Å²) in [6.45, 7) is 6.04. The predicted molar refractivity (Wildman–Crippen MR) is 121 cm³/mol. The maximum atomic E-state index is 12.8. The van der Waals surface area contributed by atoms with E-state index in [1.165, 1.54) is 11.7 Å². The van der Waals surface area contributed by atoms with Crippen molar-refractivity contribution in [3.8, 4) is 0 Å². The Morgan fingerprint density at radius 1 is 1.30 bits per heavy atom. The summed E-state index contributed by atoms with van der Waals surface area (Å²) in [5, 5.41) is 1.47. The van der Waals surface area contributed by atoms with Crippen molar-refractivity contribution >= 4 is 50.5 Å². The molecule has 0 aliphatic carbocycles. The monoisotopic (exact) mass is 496 g/mol. The maximum absolute atomic E-state index is 12.8. The van der Waals surface area contributed by atoms with Gasteiger partial charge >= 0.3 is 12.1 Å². The molecule has 1 aromatic heterocycles. The van der Waals surface area contributed by atoms with Gasteiger partial charge in [-0.15, -0.1) is 0 Å². The second-order valence-electron chi connectivity index (χ2n) is 8.49. The molecule has 0 amide bonds. The lowest BCUT2D eigenvalue weighted by molar-refractivity contribution is -0.136. The van der Waals surface area contributed by atoms with E-state index in [9.17, 15) is 9.59 Å². The minimum absolute atomic E-state index is 0.168. The van der Waals surface area contributed by atoms with Gasteiger partial charge in [0.1, 0.15) is 5.60 Å². The molecule has 0 saturated carbocycles. The highest BCUT2D eigenvalue weighted by Gasteiger charge is 2.27. The summed E-state index contributed by atoms with van der Waals surface area (Å²) in [6.07, 6.45) is 4.72. The summed E-state index contributed by atoms with van der Waals surface area (Å²) in [5.41, 5.74) is 1.78. The Kier molecular flexibility index (Phi) is 6.65. The second-order valence-corrected chi connectivity index (χ2v) is 9.69. The van der Waals surface area contributed by atoms with Crippen molar-refractivity contribution < 1.29 is 19.1 Å². The molecule has 1 aliphatic heterocycles. The van der Waals surface area contributed by atoms with Gasteiger partial charge in [-0.2, -0.15) is 0 Å². The molecule has 2 aromatic rings. The van der Waals surface area contributed by atoms with Crippen LogP contribution in [0.2, 0.25) is 5.02 Å². The van der Waals surface area contributed by atoms with Crippen molar-refractivity contribution in [3.63, 3.8) is 0 Å². The average Bonchev–Trinajstić information content (AvgIpc) is 3.03. The number of ether oxygens (including phenoxy) is 2. The van der Waals surface area contributed by atoms with Gasteiger partial charge in [-0.05, 0) is 74.3 Å². The van der Waals surface area contributed by atoms with E-state index in [2.05, 4.69) is 20.8 Å². The molecular formula is C22H26BrClN2O4. The lowest BCUT2D eigenvalue weighted by Crippen LogP contribution is -2.39. The number of nitrogens with zero attached hydrogens (tertiary/aromatic N) is 2. The Balaban J connectivity index is 1.98. The third kappa shape index (κ3) is 4.74. The van der Waals surface area contributed by atoms with Crippen LogP contribution in [0, 0.1) is 0 Å². The molecule has 0 saturated heterocycles. The molecule has 2 heterocycles. The topological polar surface area (TPSA) is 60.8 Å². The van der Waals surface area contributed by atoms with Crippen LogP contribution in [-0.4, -0.2) is 53.9 Å². The normalized spacial score (nSPS) is 17.7. The van der Waals surface area contributed by atoms with Gasteiger partial charge in [0.05, 0.1) is 17.6 Å². The molecule has 1 atom stereocenters. The molecule has 8 heteroatoms. The summed E-state index contributed by atoms with van der Waals surface area (Å²) in [4.78, 5) is 26.8. The van der Waals surface area contributed by atoms with Crippen LogP contribution in [0.4, 0.5) is 4.79 Å². The van der Waals surface area contributed by atoms with Crippen molar-refractivity contribution in [3.05, 3.63) is 45.0 Å². The Hall–Kier alpha value is -1.83. The van der Waals surface area contributed by atoms with E-state index < -0.39 is 11.7 Å². The fourth-order valence-electron chi connectivity index (χ4n) is 3.65. The van der Waals surface area contributed by atoms with Crippen LogP contribution >= 0.6 is 27.5 Å². The number of carbonyl (C=O) groups is 2. The number of rotatable bonds is 3. The number of aromatic nitrogens is 1. The highest BCUT2D eigenvalue weighted by atomic mass is 79.9. The Labute approximate surface area is 189 Å². The Morgan fingerprint density at radius 3 is 2.60 bits per heavy atom. The number of esters is 1. The fraction of sp³-hybridized carbons (Fsp3) is 0.455. The molecule has 30 heavy (non-hydrogen) atoms. The van der Waals surface area contributed by atoms with Gasteiger partial charge in [0, 0.05) is 34.2 Å². The molecule has 0 radical (unpaired) electrons. The molecule has 0 spiro atoms. The predicted octanol–water partition coefficient (Wildman–Crippen LogP) is 5.19. The third-order valence-corrected chi connectivity index (χ3v) is 6.48. The highest BCUT2D eigenvalue weighted by molar-refractivity contribution is 9.10. The number of hydrogen-bond donors (Lipinski definition) is 0. The highest BCUT2D eigenvalue weighted by Crippen LogP contribution is 2.36. The number of benzene rings is 1. The van der Waals surface area contributed by atoms with Gasteiger partial charge in [-0.3, -0.25) is 9.47 Å². The van der Waals surface area contributed by atoms with Crippen LogP contribution in [0.1, 0.15) is 32.8 Å². The van der Waals surface area contributed by atoms with E-state index in [0.717, 1.165) is 20.9 Å². The lowest BCUT2D eigenvalue weighted by Gasteiger charge is -2.31. The third-order valence-electron chi connectivity index (χ3n) is 5.11. The molecule has 0 unspecified atom stereocenters. The van der Waals surface area contributed by atoms with Crippen molar-refractivity contribution in [1.82, 2.24) is 9.47 Å². The summed E-state index contributed by atoms with van der Waals surface area (Å²) in [6, 6.07) is 3.76. The average molecular weight is 498 g/mol. The van der Waals surface area contributed by atoms with Crippen molar-refractivity contribution in [2.75, 3.05) is 20.7 Å². The molecule has 0 N–H and O–H groups in total. The van der Waals surface area contributed by atoms with E-state index in [4.69, 9.17) is 21.1 Å². The number of fused-ring (bicyclic) bond motifs is 1. The van der Waals surface area contributed by atoms with Crippen molar-refractivity contribution in [2.24, 2.45) is 0 Å². The zero-order chi connectivity index (χ0) is 22.2. The smallest absolute Gasteiger partial charge is 0.419 e. The van der Waals surface area contributed by atoms with E-state index in [0.29, 0.717) is 30.0 Å². The molecule has 6 nitrogen and oxygen atoms in total. The Bertz CT molecular complexity index is 1020. The van der Waals surface area contributed by atoms with Crippen LogP contribution in [-0.2, 0) is 20.7 Å². The van der Waals surface area contributed by atoms with E-state index in [1.54, 1.807) is 6.07 Å². The molecule has 0 bridgehead atoms. The number of likely N-dealkylation sites (N-methyl/N-ethyl adjacent to an activating group) is 1. The number of methoxy groups -OCH3 is 1. The van der Waals surface area contributed by atoms with Crippen molar-refractivity contribution in [2.45, 2.75) is 45.3 Å². The lowest BCUT2D eigenvalue weighted by atomic mass is 9.96. The van der Waals surface area contributed by atoms with Crippen LogP contribution < -0.4 is 0 Å². The minimum Gasteiger partial charge on any atom is -0.466 e. The van der Waals surface area contributed by atoms with Crippen LogP contribution in [0.25, 0.3) is 10.9 Å². The quantitative estimate of drug-likeness (QED) is 0.546. The largest absolute Gasteiger partial charge is 0.466 e. The molecule has 1 aromatic carbocycles. The Morgan fingerprint density at radius 2 is 2.00 bits per heavy atom. The van der Waals surface area contributed by atoms with Crippen molar-refractivity contribution in [1.29, 1.82) is 0 Å². The minimum atomic E-state index is -0.601.